The van der Waals surface area contributed by atoms with Gasteiger partial charge in [0.25, 0.3) is 0 Å². The van der Waals surface area contributed by atoms with E-state index in [1.54, 1.807) is 6.08 Å². The maximum absolute atomic E-state index is 12.5. The fourth-order valence-corrected chi connectivity index (χ4v) is 4.41. The molecule has 0 unspecified atom stereocenters. The van der Waals surface area contributed by atoms with E-state index in [9.17, 15) is 4.79 Å². The van der Waals surface area contributed by atoms with Gasteiger partial charge in [0.05, 0.1) is 5.75 Å². The van der Waals surface area contributed by atoms with Crippen LogP contribution in [0.15, 0.2) is 41.3 Å². The number of anilines is 2. The van der Waals surface area contributed by atoms with E-state index in [0.717, 1.165) is 35.7 Å². The number of aryl methyl sites for hydroxylation is 1. The molecule has 0 aliphatic carbocycles. The van der Waals surface area contributed by atoms with Gasteiger partial charge >= 0.3 is 0 Å². The van der Waals surface area contributed by atoms with Crippen LogP contribution in [0.3, 0.4) is 0 Å². The molecule has 0 spiro atoms. The molecular formula is C18H23N5OS2. The van der Waals surface area contributed by atoms with Gasteiger partial charge in [-0.3, -0.25) is 4.79 Å². The molecule has 3 rings (SSSR count). The van der Waals surface area contributed by atoms with Gasteiger partial charge in [0, 0.05) is 38.4 Å². The average molecular weight is 390 g/mol. The molecule has 0 bridgehead atoms. The summed E-state index contributed by atoms with van der Waals surface area (Å²) in [6, 6.07) is 8.51. The molecule has 1 amide bonds. The SMILES string of the molecule is C=CCNc1nnc(SCC(=O)N2CCN(c3cccc(C)c3)CC2)s1. The van der Waals surface area contributed by atoms with Gasteiger partial charge in [0.2, 0.25) is 11.0 Å². The van der Waals surface area contributed by atoms with Crippen molar-refractivity contribution in [1.29, 1.82) is 0 Å². The summed E-state index contributed by atoms with van der Waals surface area (Å²) >= 11 is 2.91. The van der Waals surface area contributed by atoms with Crippen LogP contribution in [0.2, 0.25) is 0 Å². The van der Waals surface area contributed by atoms with Crippen LogP contribution in [0, 0.1) is 6.92 Å². The maximum atomic E-state index is 12.5. The van der Waals surface area contributed by atoms with Crippen LogP contribution in [-0.4, -0.2) is 59.5 Å². The predicted octanol–water partition coefficient (Wildman–Crippen LogP) is 2.89. The Bertz CT molecular complexity index is 756. The second-order valence-electron chi connectivity index (χ2n) is 6.04. The van der Waals surface area contributed by atoms with Crippen LogP contribution < -0.4 is 10.2 Å². The monoisotopic (exact) mass is 389 g/mol. The Hall–Kier alpha value is -2.06. The zero-order valence-electron chi connectivity index (χ0n) is 14.9. The largest absolute Gasteiger partial charge is 0.368 e. The number of amides is 1. The van der Waals surface area contributed by atoms with Crippen LogP contribution in [0.1, 0.15) is 5.56 Å². The lowest BCUT2D eigenvalue weighted by Gasteiger charge is -2.36. The molecular weight excluding hydrogens is 366 g/mol. The Labute approximate surface area is 162 Å². The van der Waals surface area contributed by atoms with Crippen molar-refractivity contribution in [2.45, 2.75) is 11.3 Å². The average Bonchev–Trinajstić information content (AvgIpc) is 3.12. The van der Waals surface area contributed by atoms with Gasteiger partial charge in [-0.05, 0) is 24.6 Å². The van der Waals surface area contributed by atoms with E-state index < -0.39 is 0 Å². The van der Waals surface area contributed by atoms with E-state index in [4.69, 9.17) is 0 Å². The standard InChI is InChI=1S/C18H23N5OS2/c1-3-7-19-17-20-21-18(26-17)25-13-16(24)23-10-8-22(9-11-23)15-6-4-5-14(2)12-15/h3-6,12H,1,7-11,13H2,2H3,(H,19,20). The molecule has 2 aromatic rings. The molecule has 2 heterocycles. The van der Waals surface area contributed by atoms with Crippen molar-refractivity contribution in [3.05, 3.63) is 42.5 Å². The third-order valence-electron chi connectivity index (χ3n) is 4.12. The molecule has 0 radical (unpaired) electrons. The van der Waals surface area contributed by atoms with Crippen molar-refractivity contribution in [3.8, 4) is 0 Å². The minimum absolute atomic E-state index is 0.162. The van der Waals surface area contributed by atoms with E-state index in [-0.39, 0.29) is 5.91 Å². The first-order valence-electron chi connectivity index (χ1n) is 8.56. The zero-order chi connectivity index (χ0) is 18.4. The number of carbonyl (C=O) groups excluding carboxylic acids is 1. The van der Waals surface area contributed by atoms with Gasteiger partial charge < -0.3 is 15.1 Å². The predicted molar refractivity (Wildman–Crippen MR) is 109 cm³/mol. The fraction of sp³-hybridized carbons (Fsp3) is 0.389. The van der Waals surface area contributed by atoms with Crippen LogP contribution in [0.25, 0.3) is 0 Å². The van der Waals surface area contributed by atoms with Crippen molar-refractivity contribution >= 4 is 39.8 Å². The van der Waals surface area contributed by atoms with E-state index in [2.05, 4.69) is 58.2 Å². The molecule has 0 saturated carbocycles. The number of hydrogen-bond donors (Lipinski definition) is 1. The summed E-state index contributed by atoms with van der Waals surface area (Å²) in [4.78, 5) is 16.7. The second kappa shape index (κ2) is 9.05. The van der Waals surface area contributed by atoms with Crippen molar-refractivity contribution in [1.82, 2.24) is 15.1 Å². The van der Waals surface area contributed by atoms with Crippen molar-refractivity contribution in [2.24, 2.45) is 0 Å². The normalized spacial score (nSPS) is 14.3. The minimum atomic E-state index is 0.162. The highest BCUT2D eigenvalue weighted by atomic mass is 32.2. The summed E-state index contributed by atoms with van der Waals surface area (Å²) in [6.07, 6.45) is 1.77. The van der Waals surface area contributed by atoms with Gasteiger partial charge in [-0.15, -0.1) is 16.8 Å². The van der Waals surface area contributed by atoms with Crippen LogP contribution >= 0.6 is 23.1 Å². The summed E-state index contributed by atoms with van der Waals surface area (Å²) in [7, 11) is 0. The molecule has 1 N–H and O–H groups in total. The Morgan fingerprint density at radius 1 is 1.35 bits per heavy atom. The summed E-state index contributed by atoms with van der Waals surface area (Å²) < 4.78 is 0.809. The summed E-state index contributed by atoms with van der Waals surface area (Å²) in [6.45, 7) is 9.68. The van der Waals surface area contributed by atoms with Gasteiger partial charge in [-0.1, -0.05) is 41.3 Å². The van der Waals surface area contributed by atoms with Crippen LogP contribution in [0.5, 0.6) is 0 Å². The molecule has 1 aliphatic rings. The number of rotatable bonds is 7. The van der Waals surface area contributed by atoms with Crippen molar-refractivity contribution in [3.63, 3.8) is 0 Å². The molecule has 138 valence electrons. The topological polar surface area (TPSA) is 61.4 Å². The lowest BCUT2D eigenvalue weighted by atomic mass is 10.2. The Morgan fingerprint density at radius 2 is 2.15 bits per heavy atom. The Kier molecular flexibility index (Phi) is 6.51. The number of nitrogens with zero attached hydrogens (tertiary/aromatic N) is 4. The number of aromatic nitrogens is 2. The van der Waals surface area contributed by atoms with Crippen molar-refractivity contribution in [2.75, 3.05) is 48.7 Å². The molecule has 6 nitrogen and oxygen atoms in total. The first-order valence-corrected chi connectivity index (χ1v) is 10.4. The third kappa shape index (κ3) is 4.98. The minimum Gasteiger partial charge on any atom is -0.368 e. The van der Waals surface area contributed by atoms with E-state index in [1.165, 1.54) is 34.3 Å². The molecule has 1 saturated heterocycles. The quantitative estimate of drug-likeness (QED) is 0.580. The fourth-order valence-electron chi connectivity index (χ4n) is 2.75. The molecule has 1 aromatic heterocycles. The smallest absolute Gasteiger partial charge is 0.233 e. The van der Waals surface area contributed by atoms with Gasteiger partial charge in [-0.25, -0.2) is 0 Å². The van der Waals surface area contributed by atoms with Gasteiger partial charge in [0.1, 0.15) is 0 Å². The van der Waals surface area contributed by atoms with Crippen LogP contribution in [-0.2, 0) is 4.79 Å². The van der Waals surface area contributed by atoms with Crippen molar-refractivity contribution < 1.29 is 4.79 Å². The number of hydrogen-bond acceptors (Lipinski definition) is 7. The maximum Gasteiger partial charge on any atom is 0.233 e. The highest BCUT2D eigenvalue weighted by Crippen LogP contribution is 2.26. The first-order chi connectivity index (χ1) is 12.7. The first kappa shape index (κ1) is 18.7. The number of benzene rings is 1. The number of carbonyl (C=O) groups is 1. The van der Waals surface area contributed by atoms with E-state index >= 15 is 0 Å². The molecule has 1 aromatic carbocycles. The number of nitrogens with one attached hydrogen (secondary N) is 1. The van der Waals surface area contributed by atoms with Gasteiger partial charge in [0.15, 0.2) is 4.34 Å². The van der Waals surface area contributed by atoms with Crippen LogP contribution in [0.4, 0.5) is 10.8 Å². The number of thioether (sulfide) groups is 1. The molecule has 1 aliphatic heterocycles. The summed E-state index contributed by atoms with van der Waals surface area (Å²) in [5.41, 5.74) is 2.50. The zero-order valence-corrected chi connectivity index (χ0v) is 16.5. The lowest BCUT2D eigenvalue weighted by molar-refractivity contribution is -0.128. The Balaban J connectivity index is 1.45. The summed E-state index contributed by atoms with van der Waals surface area (Å²) in [5.74, 6) is 0.565. The van der Waals surface area contributed by atoms with Gasteiger partial charge in [-0.2, -0.15) is 0 Å². The molecule has 26 heavy (non-hydrogen) atoms. The second-order valence-corrected chi connectivity index (χ2v) is 8.24. The van der Waals surface area contributed by atoms with E-state index in [1.807, 2.05) is 4.90 Å². The third-order valence-corrected chi connectivity index (χ3v) is 6.12. The summed E-state index contributed by atoms with van der Waals surface area (Å²) in [5, 5.41) is 12.0. The highest BCUT2D eigenvalue weighted by molar-refractivity contribution is 8.01. The molecule has 0 atom stereocenters. The molecule has 1 fully saturated rings. The van der Waals surface area contributed by atoms with E-state index in [0.29, 0.717) is 12.3 Å². The number of piperazine rings is 1. The highest BCUT2D eigenvalue weighted by Gasteiger charge is 2.21. The molecule has 8 heteroatoms. The lowest BCUT2D eigenvalue weighted by Crippen LogP contribution is -2.49. The Morgan fingerprint density at radius 3 is 2.88 bits per heavy atom.